The van der Waals surface area contributed by atoms with Crippen LogP contribution in [0, 0.1) is 0 Å². The van der Waals surface area contributed by atoms with Crippen molar-refractivity contribution in [2.45, 2.75) is 50.2 Å². The third kappa shape index (κ3) is 5.43. The van der Waals surface area contributed by atoms with Crippen molar-refractivity contribution in [2.75, 3.05) is 12.4 Å². The molecule has 2 amide bonds. The molecule has 0 N–H and O–H groups in total. The van der Waals surface area contributed by atoms with Crippen LogP contribution in [0.1, 0.15) is 44.9 Å². The van der Waals surface area contributed by atoms with Crippen LogP contribution in [-0.4, -0.2) is 40.6 Å². The summed E-state index contributed by atoms with van der Waals surface area (Å²) in [6.07, 6.45) is 4.57. The minimum Gasteiger partial charge on any atom is -0.433 e. The number of amides is 2. The molecule has 0 aromatic carbocycles. The van der Waals surface area contributed by atoms with Gasteiger partial charge in [0.15, 0.2) is 0 Å². The predicted molar refractivity (Wildman–Crippen MR) is 80.4 cm³/mol. The first-order chi connectivity index (χ1) is 10.2. The van der Waals surface area contributed by atoms with Crippen LogP contribution >= 0.6 is 21.6 Å². The molecule has 8 heteroatoms. The van der Waals surface area contributed by atoms with Crippen LogP contribution in [0.5, 0.6) is 0 Å². The fourth-order valence-electron chi connectivity index (χ4n) is 2.13. The number of unbranched alkanes of at least 4 members (excludes halogenated alkanes) is 2. The molecule has 2 saturated heterocycles. The molecule has 118 valence electrons. The highest BCUT2D eigenvalue weighted by atomic mass is 33.1. The summed E-state index contributed by atoms with van der Waals surface area (Å²) in [7, 11) is 3.91. The van der Waals surface area contributed by atoms with Crippen LogP contribution in [-0.2, 0) is 19.2 Å². The lowest BCUT2D eigenvalue weighted by Crippen LogP contribution is -2.32. The first-order valence-electron chi connectivity index (χ1n) is 7.15. The minimum atomic E-state index is -0.985. The quantitative estimate of drug-likeness (QED) is 0.307. The monoisotopic (exact) mass is 333 g/mol. The Hall–Kier alpha value is -0.890. The molecule has 0 saturated carbocycles. The van der Waals surface area contributed by atoms with E-state index in [0.717, 1.165) is 24.5 Å². The van der Waals surface area contributed by atoms with Crippen molar-refractivity contribution in [3.8, 4) is 0 Å². The smallest absolute Gasteiger partial charge is 0.433 e. The standard InChI is InChI=1S/C13H19NO5S2/c15-11-5-6-12(16)14(11)19-13(17)18-8-3-1-2-4-10-7-9-20-21-10/h10H,1-9H2. The summed E-state index contributed by atoms with van der Waals surface area (Å²) in [5.41, 5.74) is 0. The van der Waals surface area contributed by atoms with Gasteiger partial charge in [0.2, 0.25) is 0 Å². The van der Waals surface area contributed by atoms with Crippen LogP contribution in [0.3, 0.4) is 0 Å². The highest BCUT2D eigenvalue weighted by Crippen LogP contribution is 2.39. The Labute approximate surface area is 131 Å². The Morgan fingerprint density at radius 1 is 1.19 bits per heavy atom. The molecule has 0 aromatic rings. The molecule has 2 aliphatic heterocycles. The molecule has 0 aromatic heterocycles. The summed E-state index contributed by atoms with van der Waals surface area (Å²) >= 11 is 0. The molecule has 0 bridgehead atoms. The summed E-state index contributed by atoms with van der Waals surface area (Å²) in [4.78, 5) is 38.4. The van der Waals surface area contributed by atoms with Crippen molar-refractivity contribution >= 4 is 39.6 Å². The summed E-state index contributed by atoms with van der Waals surface area (Å²) in [6, 6.07) is 0. The molecule has 0 radical (unpaired) electrons. The third-order valence-corrected chi connectivity index (χ3v) is 6.30. The van der Waals surface area contributed by atoms with E-state index >= 15 is 0 Å². The van der Waals surface area contributed by atoms with E-state index in [1.165, 1.54) is 18.6 Å². The second-order valence-corrected chi connectivity index (χ2v) is 7.74. The van der Waals surface area contributed by atoms with Crippen LogP contribution in [0.15, 0.2) is 0 Å². The molecule has 6 nitrogen and oxygen atoms in total. The summed E-state index contributed by atoms with van der Waals surface area (Å²) < 4.78 is 4.86. The van der Waals surface area contributed by atoms with Crippen molar-refractivity contribution in [1.82, 2.24) is 5.06 Å². The number of hydrogen-bond acceptors (Lipinski definition) is 7. The van der Waals surface area contributed by atoms with Gasteiger partial charge in [0.05, 0.1) is 6.61 Å². The second kappa shape index (κ2) is 8.53. The Morgan fingerprint density at radius 3 is 2.62 bits per heavy atom. The van der Waals surface area contributed by atoms with Crippen molar-refractivity contribution in [2.24, 2.45) is 0 Å². The lowest BCUT2D eigenvalue weighted by Gasteiger charge is -2.12. The maximum atomic E-state index is 11.3. The fraction of sp³-hybridized carbons (Fsp3) is 0.769. The van der Waals surface area contributed by atoms with E-state index in [1.54, 1.807) is 0 Å². The Kier molecular flexibility index (Phi) is 6.69. The van der Waals surface area contributed by atoms with E-state index in [2.05, 4.69) is 4.84 Å². The number of rotatable bonds is 7. The van der Waals surface area contributed by atoms with E-state index in [0.29, 0.717) is 5.06 Å². The molecular weight excluding hydrogens is 314 g/mol. The molecular formula is C13H19NO5S2. The first kappa shape index (κ1) is 16.5. The molecule has 2 aliphatic rings. The van der Waals surface area contributed by atoms with Crippen molar-refractivity contribution < 1.29 is 24.0 Å². The van der Waals surface area contributed by atoms with Gasteiger partial charge in [0, 0.05) is 23.8 Å². The van der Waals surface area contributed by atoms with E-state index in [9.17, 15) is 14.4 Å². The summed E-state index contributed by atoms with van der Waals surface area (Å²) in [6.45, 7) is 0.252. The molecule has 1 unspecified atom stereocenters. The Bertz CT molecular complexity index is 382. The van der Waals surface area contributed by atoms with Gasteiger partial charge in [0.1, 0.15) is 0 Å². The second-order valence-electron chi connectivity index (χ2n) is 4.95. The van der Waals surface area contributed by atoms with Gasteiger partial charge in [-0.2, -0.15) is 0 Å². The topological polar surface area (TPSA) is 72.9 Å². The van der Waals surface area contributed by atoms with E-state index in [-0.39, 0.29) is 19.4 Å². The zero-order valence-electron chi connectivity index (χ0n) is 11.7. The Morgan fingerprint density at radius 2 is 1.95 bits per heavy atom. The maximum absolute atomic E-state index is 11.3. The SMILES string of the molecule is O=C(OCCCCCC1CCSS1)ON1C(=O)CCC1=O. The van der Waals surface area contributed by atoms with Gasteiger partial charge < -0.3 is 4.74 Å². The van der Waals surface area contributed by atoms with E-state index < -0.39 is 18.0 Å². The molecule has 0 spiro atoms. The van der Waals surface area contributed by atoms with Gasteiger partial charge in [-0.25, -0.2) is 4.79 Å². The lowest BCUT2D eigenvalue weighted by molar-refractivity contribution is -0.177. The molecule has 21 heavy (non-hydrogen) atoms. The summed E-state index contributed by atoms with van der Waals surface area (Å²) in [5, 5.41) is 1.27. The van der Waals surface area contributed by atoms with E-state index in [4.69, 9.17) is 4.74 Å². The van der Waals surface area contributed by atoms with E-state index in [1.807, 2.05) is 21.6 Å². The molecule has 2 rings (SSSR count). The molecule has 1 atom stereocenters. The van der Waals surface area contributed by atoms with Gasteiger partial charge in [0.25, 0.3) is 11.8 Å². The predicted octanol–water partition coefficient (Wildman–Crippen LogP) is 2.92. The zero-order valence-corrected chi connectivity index (χ0v) is 13.4. The van der Waals surface area contributed by atoms with Gasteiger partial charge in [-0.1, -0.05) is 39.5 Å². The number of carbonyl (C=O) groups is 3. The van der Waals surface area contributed by atoms with Crippen molar-refractivity contribution in [3.63, 3.8) is 0 Å². The van der Waals surface area contributed by atoms with Crippen LogP contribution in [0.25, 0.3) is 0 Å². The highest BCUT2D eigenvalue weighted by molar-refractivity contribution is 8.77. The van der Waals surface area contributed by atoms with Gasteiger partial charge in [-0.15, -0.1) is 0 Å². The van der Waals surface area contributed by atoms with Gasteiger partial charge >= 0.3 is 6.16 Å². The lowest BCUT2D eigenvalue weighted by atomic mass is 10.1. The maximum Gasteiger partial charge on any atom is 0.533 e. The molecule has 0 aliphatic carbocycles. The number of imide groups is 1. The van der Waals surface area contributed by atoms with Gasteiger partial charge in [-0.3, -0.25) is 14.4 Å². The first-order valence-corrected chi connectivity index (χ1v) is 9.54. The minimum absolute atomic E-state index is 0.0869. The Balaban J connectivity index is 1.49. The highest BCUT2D eigenvalue weighted by Gasteiger charge is 2.33. The molecule has 2 fully saturated rings. The molecule has 2 heterocycles. The number of hydroxylamine groups is 2. The van der Waals surface area contributed by atoms with Crippen molar-refractivity contribution in [1.29, 1.82) is 0 Å². The fourth-order valence-corrected chi connectivity index (χ4v) is 5.16. The third-order valence-electron chi connectivity index (χ3n) is 3.29. The average Bonchev–Trinajstić information content (AvgIpc) is 3.08. The van der Waals surface area contributed by atoms with Gasteiger partial charge in [-0.05, 0) is 19.3 Å². The summed E-state index contributed by atoms with van der Waals surface area (Å²) in [5.74, 6) is 0.255. The zero-order chi connectivity index (χ0) is 15.1. The number of ether oxygens (including phenoxy) is 1. The number of nitrogens with zero attached hydrogens (tertiary/aromatic N) is 1. The number of carbonyl (C=O) groups excluding carboxylic acids is 3. The normalized spacial score (nSPS) is 21.9. The number of hydrogen-bond donors (Lipinski definition) is 0. The largest absolute Gasteiger partial charge is 0.533 e. The van der Waals surface area contributed by atoms with Crippen LogP contribution < -0.4 is 0 Å². The van der Waals surface area contributed by atoms with Crippen LogP contribution in [0.4, 0.5) is 4.79 Å². The van der Waals surface area contributed by atoms with Crippen molar-refractivity contribution in [3.05, 3.63) is 0 Å². The average molecular weight is 333 g/mol. The van der Waals surface area contributed by atoms with Crippen LogP contribution in [0.2, 0.25) is 0 Å².